The summed E-state index contributed by atoms with van der Waals surface area (Å²) < 4.78 is 0. The van der Waals surface area contributed by atoms with Crippen LogP contribution in [0.25, 0.3) is 0 Å². The van der Waals surface area contributed by atoms with Crippen molar-refractivity contribution < 1.29 is 4.79 Å². The number of hydrogen-bond donors (Lipinski definition) is 0. The number of Topliss-reactive ketones (excluding diaryl/α,β-unsaturated/α-hetero) is 1. The van der Waals surface area contributed by atoms with E-state index in [1.54, 1.807) is 0 Å². The topological polar surface area (TPSA) is 17.1 Å². The van der Waals surface area contributed by atoms with E-state index < -0.39 is 0 Å². The fourth-order valence-corrected chi connectivity index (χ4v) is 1.37. The van der Waals surface area contributed by atoms with E-state index in [4.69, 9.17) is 0 Å². The van der Waals surface area contributed by atoms with E-state index in [-0.39, 0.29) is 0 Å². The fourth-order valence-electron chi connectivity index (χ4n) is 1.37. The predicted molar refractivity (Wildman–Crippen MR) is 62.4 cm³/mol. The third kappa shape index (κ3) is 6.88. The summed E-state index contributed by atoms with van der Waals surface area (Å²) in [5.74, 6) is 0.433. The first-order chi connectivity index (χ1) is 6.57. The highest BCUT2D eigenvalue weighted by atomic mass is 16.1. The Kier molecular flexibility index (Phi) is 7.45. The van der Waals surface area contributed by atoms with E-state index in [1.807, 2.05) is 0 Å². The molecule has 14 heavy (non-hydrogen) atoms. The van der Waals surface area contributed by atoms with Gasteiger partial charge in [0.15, 0.2) is 0 Å². The average Bonchev–Trinajstić information content (AvgIpc) is 2.12. The molecule has 0 aromatic heterocycles. The summed E-state index contributed by atoms with van der Waals surface area (Å²) >= 11 is 0. The van der Waals surface area contributed by atoms with Crippen LogP contribution in [0.3, 0.4) is 0 Å². The van der Waals surface area contributed by atoms with Crippen LogP contribution in [-0.2, 0) is 4.79 Å². The highest BCUT2D eigenvalue weighted by molar-refractivity contribution is 5.78. The predicted octanol–water partition coefficient (Wildman–Crippen LogP) is 4.27. The van der Waals surface area contributed by atoms with Crippen molar-refractivity contribution in [2.45, 2.75) is 66.2 Å². The van der Waals surface area contributed by atoms with E-state index in [2.05, 4.69) is 27.7 Å². The minimum atomic E-state index is 0.433. The van der Waals surface area contributed by atoms with Crippen LogP contribution < -0.4 is 0 Å². The molecule has 0 saturated carbocycles. The largest absolute Gasteiger partial charge is 0.300 e. The quantitative estimate of drug-likeness (QED) is 0.439. The van der Waals surface area contributed by atoms with E-state index >= 15 is 0 Å². The molecule has 0 amide bonds. The maximum absolute atomic E-state index is 11.2. The summed E-state index contributed by atoms with van der Waals surface area (Å²) in [5, 5.41) is 0. The van der Waals surface area contributed by atoms with Crippen LogP contribution in [0.5, 0.6) is 0 Å². The minimum absolute atomic E-state index is 0.433. The smallest absolute Gasteiger partial charge is 0.132 e. The summed E-state index contributed by atoms with van der Waals surface area (Å²) in [6.45, 7) is 8.55. The molecule has 0 fully saturated rings. The van der Waals surface area contributed by atoms with Crippen molar-refractivity contribution in [3.63, 3.8) is 0 Å². The SMILES string of the molecule is CCCC(=O)CCCCC(C)=C(C)C. The van der Waals surface area contributed by atoms with Crippen molar-refractivity contribution in [3.05, 3.63) is 11.1 Å². The Morgan fingerprint density at radius 1 is 0.929 bits per heavy atom. The molecule has 0 N–H and O–H groups in total. The zero-order valence-corrected chi connectivity index (χ0v) is 10.2. The Hall–Kier alpha value is -0.590. The lowest BCUT2D eigenvalue weighted by atomic mass is 10.0. The molecule has 0 aliphatic heterocycles. The van der Waals surface area contributed by atoms with Crippen molar-refractivity contribution in [3.8, 4) is 0 Å². The second kappa shape index (κ2) is 7.78. The van der Waals surface area contributed by atoms with Gasteiger partial charge in [0.05, 0.1) is 0 Å². The third-order valence-corrected chi connectivity index (χ3v) is 2.64. The molecule has 0 spiro atoms. The monoisotopic (exact) mass is 196 g/mol. The molecule has 1 nitrogen and oxygen atoms in total. The van der Waals surface area contributed by atoms with Crippen LogP contribution in [0.1, 0.15) is 66.2 Å². The Labute approximate surface area is 88.6 Å². The summed E-state index contributed by atoms with van der Waals surface area (Å²) in [5.41, 5.74) is 2.90. The zero-order valence-electron chi connectivity index (χ0n) is 10.2. The van der Waals surface area contributed by atoms with Crippen LogP contribution >= 0.6 is 0 Å². The van der Waals surface area contributed by atoms with E-state index in [0.29, 0.717) is 5.78 Å². The van der Waals surface area contributed by atoms with Gasteiger partial charge in [0.25, 0.3) is 0 Å². The van der Waals surface area contributed by atoms with Gasteiger partial charge in [-0.1, -0.05) is 18.1 Å². The number of carbonyl (C=O) groups is 1. The van der Waals surface area contributed by atoms with Crippen molar-refractivity contribution in [1.82, 2.24) is 0 Å². The third-order valence-electron chi connectivity index (χ3n) is 2.64. The van der Waals surface area contributed by atoms with E-state index in [0.717, 1.165) is 38.5 Å². The van der Waals surface area contributed by atoms with E-state index in [1.165, 1.54) is 11.1 Å². The number of rotatable bonds is 7. The molecule has 0 aliphatic carbocycles. The van der Waals surface area contributed by atoms with Crippen LogP contribution in [-0.4, -0.2) is 5.78 Å². The van der Waals surface area contributed by atoms with Crippen molar-refractivity contribution >= 4 is 5.78 Å². The first-order valence-electron chi connectivity index (χ1n) is 5.72. The normalized spacial score (nSPS) is 10.0. The molecule has 0 heterocycles. The van der Waals surface area contributed by atoms with Gasteiger partial charge in [-0.2, -0.15) is 0 Å². The number of allylic oxidation sites excluding steroid dienone is 2. The maximum atomic E-state index is 11.2. The van der Waals surface area contributed by atoms with Gasteiger partial charge in [0.2, 0.25) is 0 Å². The molecule has 1 heteroatoms. The van der Waals surface area contributed by atoms with Gasteiger partial charge in [-0.25, -0.2) is 0 Å². The van der Waals surface area contributed by atoms with Gasteiger partial charge in [-0.3, -0.25) is 4.79 Å². The average molecular weight is 196 g/mol. The molecular formula is C13H24O. The Morgan fingerprint density at radius 2 is 1.50 bits per heavy atom. The Morgan fingerprint density at radius 3 is 2.00 bits per heavy atom. The molecule has 0 aliphatic rings. The van der Waals surface area contributed by atoms with Crippen LogP contribution in [0, 0.1) is 0 Å². The highest BCUT2D eigenvalue weighted by Gasteiger charge is 2.00. The zero-order chi connectivity index (χ0) is 11.0. The van der Waals surface area contributed by atoms with Crippen molar-refractivity contribution in [2.24, 2.45) is 0 Å². The van der Waals surface area contributed by atoms with Crippen LogP contribution in [0.2, 0.25) is 0 Å². The second-order valence-electron chi connectivity index (χ2n) is 4.28. The van der Waals surface area contributed by atoms with Crippen LogP contribution in [0.4, 0.5) is 0 Å². The van der Waals surface area contributed by atoms with Gasteiger partial charge in [-0.15, -0.1) is 0 Å². The summed E-state index contributed by atoms with van der Waals surface area (Å²) in [4.78, 5) is 11.2. The fraction of sp³-hybridized carbons (Fsp3) is 0.769. The standard InChI is InChI=1S/C13H24O/c1-5-8-13(14)10-7-6-9-12(4)11(2)3/h5-10H2,1-4H3. The molecular weight excluding hydrogens is 172 g/mol. The van der Waals surface area contributed by atoms with Crippen molar-refractivity contribution in [1.29, 1.82) is 0 Å². The van der Waals surface area contributed by atoms with Gasteiger partial charge in [-0.05, 0) is 46.5 Å². The Balaban J connectivity index is 3.47. The van der Waals surface area contributed by atoms with Gasteiger partial charge < -0.3 is 0 Å². The molecule has 0 aromatic carbocycles. The molecule has 0 radical (unpaired) electrons. The molecule has 0 atom stereocenters. The molecule has 0 rings (SSSR count). The summed E-state index contributed by atoms with van der Waals surface area (Å²) in [6.07, 6.45) is 5.91. The summed E-state index contributed by atoms with van der Waals surface area (Å²) in [6, 6.07) is 0. The number of ketones is 1. The Bertz CT molecular complexity index is 197. The molecule has 0 saturated heterocycles. The molecule has 0 unspecified atom stereocenters. The first-order valence-corrected chi connectivity index (χ1v) is 5.72. The lowest BCUT2D eigenvalue weighted by molar-refractivity contribution is -0.119. The van der Waals surface area contributed by atoms with Crippen molar-refractivity contribution in [2.75, 3.05) is 0 Å². The second-order valence-corrected chi connectivity index (χ2v) is 4.28. The number of hydrogen-bond acceptors (Lipinski definition) is 1. The van der Waals surface area contributed by atoms with Crippen LogP contribution in [0.15, 0.2) is 11.1 Å². The van der Waals surface area contributed by atoms with Gasteiger partial charge >= 0.3 is 0 Å². The lowest BCUT2D eigenvalue weighted by Crippen LogP contribution is -1.96. The maximum Gasteiger partial charge on any atom is 0.132 e. The van der Waals surface area contributed by atoms with E-state index in [9.17, 15) is 4.79 Å². The molecule has 0 aromatic rings. The minimum Gasteiger partial charge on any atom is -0.300 e. The number of carbonyl (C=O) groups excluding carboxylic acids is 1. The molecule has 82 valence electrons. The summed E-state index contributed by atoms with van der Waals surface area (Å²) in [7, 11) is 0. The highest BCUT2D eigenvalue weighted by Crippen LogP contribution is 2.12. The first kappa shape index (κ1) is 13.4. The number of unbranched alkanes of at least 4 members (excludes halogenated alkanes) is 1. The van der Waals surface area contributed by atoms with Gasteiger partial charge in [0.1, 0.15) is 5.78 Å². The van der Waals surface area contributed by atoms with Gasteiger partial charge in [0, 0.05) is 12.8 Å². The molecule has 0 bridgehead atoms. The lowest BCUT2D eigenvalue weighted by Gasteiger charge is -2.03.